The van der Waals surface area contributed by atoms with Crippen molar-refractivity contribution in [3.05, 3.63) is 76.0 Å². The van der Waals surface area contributed by atoms with E-state index in [1.807, 2.05) is 24.4 Å². The second-order valence-electron chi connectivity index (χ2n) is 5.35. The Morgan fingerprint density at radius 1 is 1.15 bits per heavy atom. The summed E-state index contributed by atoms with van der Waals surface area (Å²) in [6.07, 6.45) is 3.52. The number of amides is 2. The van der Waals surface area contributed by atoms with Crippen LogP contribution in [0.25, 0.3) is 5.69 Å². The van der Waals surface area contributed by atoms with Gasteiger partial charge in [0.1, 0.15) is 0 Å². The molecule has 0 aliphatic rings. The highest BCUT2D eigenvalue weighted by molar-refractivity contribution is 9.10. The topological polar surface area (TPSA) is 76.0 Å². The molecule has 2 aromatic carbocycles. The van der Waals surface area contributed by atoms with Crippen LogP contribution in [0.1, 0.15) is 10.4 Å². The van der Waals surface area contributed by atoms with Gasteiger partial charge in [0.05, 0.1) is 22.8 Å². The van der Waals surface area contributed by atoms with Gasteiger partial charge in [0, 0.05) is 22.6 Å². The van der Waals surface area contributed by atoms with Crippen LogP contribution in [0.2, 0.25) is 5.02 Å². The van der Waals surface area contributed by atoms with Crippen molar-refractivity contribution in [1.82, 2.24) is 15.1 Å². The van der Waals surface area contributed by atoms with Crippen LogP contribution in [-0.4, -0.2) is 28.1 Å². The van der Waals surface area contributed by atoms with Crippen molar-refractivity contribution in [3.8, 4) is 5.69 Å². The Kier molecular flexibility index (Phi) is 5.70. The van der Waals surface area contributed by atoms with E-state index in [1.54, 1.807) is 41.2 Å². The van der Waals surface area contributed by atoms with Crippen LogP contribution >= 0.6 is 27.5 Å². The van der Waals surface area contributed by atoms with E-state index in [0.29, 0.717) is 16.3 Å². The van der Waals surface area contributed by atoms with Gasteiger partial charge < -0.3 is 10.6 Å². The summed E-state index contributed by atoms with van der Waals surface area (Å²) in [5, 5.41) is 9.73. The number of benzene rings is 2. The third-order valence-corrected chi connectivity index (χ3v) is 4.33. The van der Waals surface area contributed by atoms with Crippen molar-refractivity contribution >= 4 is 45.0 Å². The van der Waals surface area contributed by atoms with E-state index in [2.05, 4.69) is 31.7 Å². The molecule has 8 heteroatoms. The molecule has 0 radical (unpaired) electrons. The van der Waals surface area contributed by atoms with E-state index >= 15 is 0 Å². The molecule has 6 nitrogen and oxygen atoms in total. The number of anilines is 1. The van der Waals surface area contributed by atoms with Gasteiger partial charge in [0.15, 0.2) is 0 Å². The van der Waals surface area contributed by atoms with Crippen LogP contribution in [0, 0.1) is 0 Å². The van der Waals surface area contributed by atoms with E-state index in [4.69, 9.17) is 11.6 Å². The van der Waals surface area contributed by atoms with Crippen LogP contribution in [-0.2, 0) is 4.79 Å². The first-order chi connectivity index (χ1) is 12.5. The SMILES string of the molecule is O=C(CNC(=O)c1cc(Br)ccc1Cl)Nc1ccc(-n2cccn2)cc1. The first-order valence-electron chi connectivity index (χ1n) is 7.66. The standard InChI is InChI=1S/C18H14BrClN4O2/c19-12-2-7-16(20)15(10-12)18(26)21-11-17(25)23-13-3-5-14(6-4-13)24-9-1-8-22-24/h1-10H,11H2,(H,21,26)(H,23,25). The zero-order chi connectivity index (χ0) is 18.5. The highest BCUT2D eigenvalue weighted by Gasteiger charge is 2.12. The average molecular weight is 434 g/mol. The fourth-order valence-electron chi connectivity index (χ4n) is 2.25. The van der Waals surface area contributed by atoms with E-state index in [9.17, 15) is 9.59 Å². The summed E-state index contributed by atoms with van der Waals surface area (Å²) in [5.41, 5.74) is 1.81. The number of hydrogen-bond donors (Lipinski definition) is 2. The number of halogens is 2. The molecule has 3 rings (SSSR count). The van der Waals surface area contributed by atoms with Crippen molar-refractivity contribution in [2.75, 3.05) is 11.9 Å². The average Bonchev–Trinajstić information content (AvgIpc) is 3.17. The summed E-state index contributed by atoms with van der Waals surface area (Å²) in [6.45, 7) is -0.164. The summed E-state index contributed by atoms with van der Waals surface area (Å²) in [7, 11) is 0. The molecule has 0 fully saturated rings. The molecular weight excluding hydrogens is 420 g/mol. The molecule has 0 saturated carbocycles. The number of aromatic nitrogens is 2. The molecule has 26 heavy (non-hydrogen) atoms. The quantitative estimate of drug-likeness (QED) is 0.645. The van der Waals surface area contributed by atoms with Crippen LogP contribution in [0.5, 0.6) is 0 Å². The largest absolute Gasteiger partial charge is 0.343 e. The van der Waals surface area contributed by atoms with Gasteiger partial charge in [-0.3, -0.25) is 9.59 Å². The van der Waals surface area contributed by atoms with E-state index in [1.165, 1.54) is 0 Å². The summed E-state index contributed by atoms with van der Waals surface area (Å²) in [5.74, 6) is -0.753. The lowest BCUT2D eigenvalue weighted by atomic mass is 10.2. The minimum Gasteiger partial charge on any atom is -0.343 e. The first-order valence-corrected chi connectivity index (χ1v) is 8.83. The van der Waals surface area contributed by atoms with Gasteiger partial charge in [-0.1, -0.05) is 27.5 Å². The summed E-state index contributed by atoms with van der Waals surface area (Å²) < 4.78 is 2.45. The Bertz CT molecular complexity index is 927. The lowest BCUT2D eigenvalue weighted by Crippen LogP contribution is -2.33. The Labute approximate surface area is 163 Å². The van der Waals surface area contributed by atoms with Crippen molar-refractivity contribution in [2.45, 2.75) is 0 Å². The van der Waals surface area contributed by atoms with Crippen LogP contribution < -0.4 is 10.6 Å². The van der Waals surface area contributed by atoms with Crippen molar-refractivity contribution < 1.29 is 9.59 Å². The van der Waals surface area contributed by atoms with Gasteiger partial charge in [0.25, 0.3) is 5.91 Å². The Balaban J connectivity index is 1.55. The van der Waals surface area contributed by atoms with Gasteiger partial charge in [-0.2, -0.15) is 5.10 Å². The molecule has 0 aliphatic heterocycles. The van der Waals surface area contributed by atoms with Crippen molar-refractivity contribution in [3.63, 3.8) is 0 Å². The summed E-state index contributed by atoms with van der Waals surface area (Å²) in [4.78, 5) is 24.2. The Hall–Kier alpha value is -2.64. The van der Waals surface area contributed by atoms with Gasteiger partial charge in [-0.15, -0.1) is 0 Å². The number of carbonyl (C=O) groups is 2. The van der Waals surface area contributed by atoms with Crippen molar-refractivity contribution in [1.29, 1.82) is 0 Å². The van der Waals surface area contributed by atoms with Crippen molar-refractivity contribution in [2.24, 2.45) is 0 Å². The summed E-state index contributed by atoms with van der Waals surface area (Å²) in [6, 6.07) is 14.0. The molecule has 0 saturated heterocycles. The highest BCUT2D eigenvalue weighted by Crippen LogP contribution is 2.20. The molecule has 132 valence electrons. The number of nitrogens with zero attached hydrogens (tertiary/aromatic N) is 2. The number of nitrogens with one attached hydrogen (secondary N) is 2. The summed E-state index contributed by atoms with van der Waals surface area (Å²) >= 11 is 9.29. The minimum absolute atomic E-state index is 0.164. The molecule has 0 aliphatic carbocycles. The Morgan fingerprint density at radius 2 is 1.92 bits per heavy atom. The van der Waals surface area contributed by atoms with Crippen LogP contribution in [0.15, 0.2) is 65.4 Å². The zero-order valence-electron chi connectivity index (χ0n) is 13.4. The van der Waals surface area contributed by atoms with Gasteiger partial charge in [-0.05, 0) is 48.5 Å². The monoisotopic (exact) mass is 432 g/mol. The normalized spacial score (nSPS) is 10.4. The van der Waals surface area contributed by atoms with E-state index < -0.39 is 5.91 Å². The predicted octanol–water partition coefficient (Wildman–Crippen LogP) is 3.66. The lowest BCUT2D eigenvalue weighted by molar-refractivity contribution is -0.115. The maximum absolute atomic E-state index is 12.1. The van der Waals surface area contributed by atoms with E-state index in [-0.39, 0.29) is 12.5 Å². The molecule has 3 aromatic rings. The molecule has 0 bridgehead atoms. The van der Waals surface area contributed by atoms with Crippen LogP contribution in [0.3, 0.4) is 0 Å². The fraction of sp³-hybridized carbons (Fsp3) is 0.0556. The number of hydrogen-bond acceptors (Lipinski definition) is 3. The minimum atomic E-state index is -0.416. The maximum Gasteiger partial charge on any atom is 0.253 e. The zero-order valence-corrected chi connectivity index (χ0v) is 15.8. The van der Waals surface area contributed by atoms with Gasteiger partial charge in [0.2, 0.25) is 5.91 Å². The molecular formula is C18H14BrClN4O2. The first kappa shape index (κ1) is 18.2. The lowest BCUT2D eigenvalue weighted by Gasteiger charge is -2.09. The molecule has 0 atom stereocenters. The van der Waals surface area contributed by atoms with Gasteiger partial charge >= 0.3 is 0 Å². The number of carbonyl (C=O) groups excluding carboxylic acids is 2. The fourth-order valence-corrected chi connectivity index (χ4v) is 2.82. The predicted molar refractivity (Wildman–Crippen MR) is 104 cm³/mol. The van der Waals surface area contributed by atoms with E-state index in [0.717, 1.165) is 10.2 Å². The molecule has 1 aromatic heterocycles. The third kappa shape index (κ3) is 4.50. The second-order valence-corrected chi connectivity index (χ2v) is 6.68. The van der Waals surface area contributed by atoms with Gasteiger partial charge in [-0.25, -0.2) is 4.68 Å². The molecule has 1 heterocycles. The molecule has 2 N–H and O–H groups in total. The number of rotatable bonds is 5. The maximum atomic E-state index is 12.1. The molecule has 2 amide bonds. The van der Waals surface area contributed by atoms with Crippen LogP contribution in [0.4, 0.5) is 5.69 Å². The third-order valence-electron chi connectivity index (χ3n) is 3.50. The molecule has 0 unspecified atom stereocenters. The smallest absolute Gasteiger partial charge is 0.253 e. The molecule has 0 spiro atoms. The second kappa shape index (κ2) is 8.16. The highest BCUT2D eigenvalue weighted by atomic mass is 79.9. The Morgan fingerprint density at radius 3 is 2.62 bits per heavy atom.